The highest BCUT2D eigenvalue weighted by atomic mass is 16.5. The van der Waals surface area contributed by atoms with E-state index in [9.17, 15) is 5.11 Å². The van der Waals surface area contributed by atoms with Crippen LogP contribution < -0.4 is 5.73 Å². The Hall–Kier alpha value is -0.900. The number of hydrogen-bond acceptors (Lipinski definition) is 3. The maximum absolute atomic E-state index is 9.53. The summed E-state index contributed by atoms with van der Waals surface area (Å²) >= 11 is 0. The van der Waals surface area contributed by atoms with Crippen LogP contribution in [-0.4, -0.2) is 23.5 Å². The van der Waals surface area contributed by atoms with E-state index in [4.69, 9.17) is 10.5 Å². The van der Waals surface area contributed by atoms with Gasteiger partial charge >= 0.3 is 0 Å². The number of rotatable bonds is 3. The molecule has 0 amide bonds. The van der Waals surface area contributed by atoms with Crippen molar-refractivity contribution in [1.29, 1.82) is 0 Å². The molecule has 1 saturated heterocycles. The molecule has 1 aromatic carbocycles. The molecule has 3 heteroatoms. The number of nitrogens with two attached hydrogens (primary N) is 1. The Morgan fingerprint density at radius 1 is 1.12 bits per heavy atom. The van der Waals surface area contributed by atoms with Crippen LogP contribution in [0.5, 0.6) is 0 Å². The molecule has 0 spiro atoms. The Morgan fingerprint density at radius 2 is 1.71 bits per heavy atom. The lowest BCUT2D eigenvalue weighted by Gasteiger charge is -2.42. The van der Waals surface area contributed by atoms with Gasteiger partial charge in [-0.3, -0.25) is 0 Å². The minimum Gasteiger partial charge on any atom is -0.376 e. The molecule has 0 aromatic heterocycles. The van der Waals surface area contributed by atoms with Gasteiger partial charge in [-0.1, -0.05) is 39.8 Å². The second-order valence-corrected chi connectivity index (χ2v) is 9.16. The van der Waals surface area contributed by atoms with Crippen LogP contribution in [0, 0.1) is 6.92 Å². The molecule has 1 aromatic rings. The topological polar surface area (TPSA) is 55.5 Å². The molecular formula is C21H33NO2. The first-order chi connectivity index (χ1) is 11.1. The van der Waals surface area contributed by atoms with Crippen molar-refractivity contribution < 1.29 is 9.84 Å². The molecule has 0 bridgehead atoms. The third-order valence-electron chi connectivity index (χ3n) is 6.28. The van der Waals surface area contributed by atoms with Gasteiger partial charge in [0.05, 0.1) is 12.2 Å². The number of benzene rings is 1. The molecule has 1 aliphatic carbocycles. The summed E-state index contributed by atoms with van der Waals surface area (Å²) in [5.41, 5.74) is 11.8. The van der Waals surface area contributed by atoms with E-state index < -0.39 is 6.23 Å². The van der Waals surface area contributed by atoms with Gasteiger partial charge in [-0.2, -0.15) is 0 Å². The predicted molar refractivity (Wildman–Crippen MR) is 98.3 cm³/mol. The van der Waals surface area contributed by atoms with Crippen molar-refractivity contribution in [3.63, 3.8) is 0 Å². The van der Waals surface area contributed by atoms with E-state index in [2.05, 4.69) is 46.8 Å². The van der Waals surface area contributed by atoms with Gasteiger partial charge in [-0.05, 0) is 72.1 Å². The average molecular weight is 332 g/mol. The second kappa shape index (κ2) is 6.12. The van der Waals surface area contributed by atoms with Crippen molar-refractivity contribution in [2.45, 2.75) is 96.0 Å². The smallest absolute Gasteiger partial charge is 0.128 e. The van der Waals surface area contributed by atoms with Crippen molar-refractivity contribution in [2.75, 3.05) is 0 Å². The van der Waals surface area contributed by atoms with Crippen molar-refractivity contribution in [3.8, 4) is 0 Å². The molecule has 1 fully saturated rings. The lowest BCUT2D eigenvalue weighted by atomic mass is 9.62. The molecule has 1 aliphatic heterocycles. The molecule has 3 N–H and O–H groups in total. The molecule has 3 nitrogen and oxygen atoms in total. The Kier molecular flexibility index (Phi) is 4.57. The lowest BCUT2D eigenvalue weighted by molar-refractivity contribution is -0.0308. The molecule has 3 atom stereocenters. The molecule has 24 heavy (non-hydrogen) atoms. The Bertz CT molecular complexity index is 619. The van der Waals surface area contributed by atoms with Gasteiger partial charge in [0.25, 0.3) is 0 Å². The Morgan fingerprint density at radius 3 is 2.25 bits per heavy atom. The number of hydrogen-bond donors (Lipinski definition) is 2. The van der Waals surface area contributed by atoms with Gasteiger partial charge in [-0.15, -0.1) is 0 Å². The van der Waals surface area contributed by atoms with Crippen LogP contribution >= 0.6 is 0 Å². The number of aliphatic hydroxyl groups excluding tert-OH is 1. The highest BCUT2D eigenvalue weighted by molar-refractivity contribution is 5.47. The van der Waals surface area contributed by atoms with Crippen LogP contribution in [0.1, 0.15) is 75.6 Å². The maximum Gasteiger partial charge on any atom is 0.128 e. The molecule has 0 radical (unpaired) electrons. The van der Waals surface area contributed by atoms with E-state index in [1.807, 2.05) is 0 Å². The summed E-state index contributed by atoms with van der Waals surface area (Å²) in [5, 5.41) is 9.53. The zero-order valence-electron chi connectivity index (χ0n) is 15.9. The summed E-state index contributed by atoms with van der Waals surface area (Å²) < 4.78 is 5.94. The first kappa shape index (κ1) is 17.9. The number of aliphatic hydroxyl groups is 1. The summed E-state index contributed by atoms with van der Waals surface area (Å²) in [4.78, 5) is 0. The number of ether oxygens (including phenoxy) is 1. The number of aryl methyl sites for hydroxylation is 1. The fourth-order valence-corrected chi connectivity index (χ4v) is 4.37. The van der Waals surface area contributed by atoms with E-state index in [1.165, 1.54) is 35.1 Å². The summed E-state index contributed by atoms with van der Waals surface area (Å²) in [6.45, 7) is 11.7. The standard InChI is InChI=1S/C21H33NO2/c1-13-10-16-17(21(4,5)9-8-20(16,2)3)12-14(13)11-15-6-7-18(24-15)19(22)23/h10,12,15,18-19,23H,6-9,11,22H2,1-5H3/t15?,18-,19?/m1/s1. The van der Waals surface area contributed by atoms with Crippen molar-refractivity contribution in [2.24, 2.45) is 5.73 Å². The van der Waals surface area contributed by atoms with Crippen LogP contribution in [0.3, 0.4) is 0 Å². The van der Waals surface area contributed by atoms with Gasteiger partial charge in [0.15, 0.2) is 0 Å². The minimum atomic E-state index is -0.862. The monoisotopic (exact) mass is 331 g/mol. The Balaban J connectivity index is 1.88. The molecular weight excluding hydrogens is 298 g/mol. The van der Waals surface area contributed by atoms with Crippen molar-refractivity contribution in [1.82, 2.24) is 0 Å². The second-order valence-electron chi connectivity index (χ2n) is 9.16. The van der Waals surface area contributed by atoms with E-state index >= 15 is 0 Å². The lowest BCUT2D eigenvalue weighted by Crippen LogP contribution is -2.35. The number of fused-ring (bicyclic) bond motifs is 1. The van der Waals surface area contributed by atoms with E-state index in [0.717, 1.165) is 19.3 Å². The third kappa shape index (κ3) is 3.26. The predicted octanol–water partition coefficient (Wildman–Crippen LogP) is 3.71. The van der Waals surface area contributed by atoms with Crippen LogP contribution in [0.15, 0.2) is 12.1 Å². The van der Waals surface area contributed by atoms with Crippen molar-refractivity contribution >= 4 is 0 Å². The van der Waals surface area contributed by atoms with E-state index in [1.54, 1.807) is 0 Å². The third-order valence-corrected chi connectivity index (χ3v) is 6.28. The maximum atomic E-state index is 9.53. The van der Waals surface area contributed by atoms with Gasteiger partial charge in [0.1, 0.15) is 6.23 Å². The molecule has 2 unspecified atom stereocenters. The highest BCUT2D eigenvalue weighted by Crippen LogP contribution is 2.46. The minimum absolute atomic E-state index is 0.171. The van der Waals surface area contributed by atoms with Gasteiger partial charge in [0, 0.05) is 0 Å². The SMILES string of the molecule is Cc1cc2c(cc1CC1CC[C@H](C(N)O)O1)C(C)(C)CCC2(C)C. The average Bonchev–Trinajstić information content (AvgIpc) is 2.94. The summed E-state index contributed by atoms with van der Waals surface area (Å²) in [6, 6.07) is 4.84. The largest absolute Gasteiger partial charge is 0.376 e. The first-order valence-electron chi connectivity index (χ1n) is 9.34. The quantitative estimate of drug-likeness (QED) is 0.830. The molecule has 0 saturated carbocycles. The van der Waals surface area contributed by atoms with Crippen LogP contribution in [-0.2, 0) is 22.0 Å². The summed E-state index contributed by atoms with van der Waals surface area (Å²) in [6.07, 6.45) is 4.32. The Labute approximate surface area is 146 Å². The van der Waals surface area contributed by atoms with E-state index in [0.29, 0.717) is 0 Å². The van der Waals surface area contributed by atoms with Gasteiger partial charge < -0.3 is 15.6 Å². The highest BCUT2D eigenvalue weighted by Gasteiger charge is 2.38. The zero-order valence-corrected chi connectivity index (χ0v) is 15.9. The van der Waals surface area contributed by atoms with Gasteiger partial charge in [0.2, 0.25) is 0 Å². The molecule has 2 aliphatic rings. The molecule has 1 heterocycles. The fraction of sp³-hybridized carbons (Fsp3) is 0.714. The fourth-order valence-electron chi connectivity index (χ4n) is 4.37. The van der Waals surface area contributed by atoms with Crippen LogP contribution in [0.4, 0.5) is 0 Å². The van der Waals surface area contributed by atoms with E-state index in [-0.39, 0.29) is 23.0 Å². The first-order valence-corrected chi connectivity index (χ1v) is 9.34. The van der Waals surface area contributed by atoms with Gasteiger partial charge in [-0.25, -0.2) is 0 Å². The summed E-state index contributed by atoms with van der Waals surface area (Å²) in [5.74, 6) is 0. The molecule has 134 valence electrons. The zero-order chi connectivity index (χ0) is 17.7. The molecule has 3 rings (SSSR count). The van der Waals surface area contributed by atoms with Crippen molar-refractivity contribution in [3.05, 3.63) is 34.4 Å². The van der Waals surface area contributed by atoms with Crippen LogP contribution in [0.25, 0.3) is 0 Å². The van der Waals surface area contributed by atoms with Crippen LogP contribution in [0.2, 0.25) is 0 Å². The normalized spacial score (nSPS) is 29.3. The summed E-state index contributed by atoms with van der Waals surface area (Å²) in [7, 11) is 0.